The van der Waals surface area contributed by atoms with Gasteiger partial charge in [-0.2, -0.15) is 0 Å². The number of carbonyl (C=O) groups excluding carboxylic acids is 1. The molecule has 0 aromatic heterocycles. The van der Waals surface area contributed by atoms with Crippen molar-refractivity contribution in [3.8, 4) is 5.75 Å². The molecule has 1 aromatic rings. The molecule has 1 amide bonds. The second-order valence-electron chi connectivity index (χ2n) is 6.92. The van der Waals surface area contributed by atoms with E-state index in [0.29, 0.717) is 6.54 Å². The minimum absolute atomic E-state index is 0.0482. The van der Waals surface area contributed by atoms with Crippen LogP contribution in [0.2, 0.25) is 0 Å². The smallest absolute Gasteiger partial charge is 0.257 e. The van der Waals surface area contributed by atoms with Crippen molar-refractivity contribution in [3.05, 3.63) is 29.3 Å². The first-order valence-electron chi connectivity index (χ1n) is 8.71. The third-order valence-corrected chi connectivity index (χ3v) is 4.36. The molecular formula is C19H30N2O3. The van der Waals surface area contributed by atoms with Crippen LogP contribution in [0.25, 0.3) is 0 Å². The molecule has 0 bridgehead atoms. The number of ether oxygens (including phenoxy) is 2. The number of carbonyl (C=O) groups is 1. The van der Waals surface area contributed by atoms with Crippen LogP contribution < -0.4 is 10.1 Å². The summed E-state index contributed by atoms with van der Waals surface area (Å²) in [5, 5.41) is 2.96. The summed E-state index contributed by atoms with van der Waals surface area (Å²) in [6, 6.07) is 6.24. The van der Waals surface area contributed by atoms with E-state index in [-0.39, 0.29) is 30.8 Å². The third kappa shape index (κ3) is 5.49. The molecule has 0 saturated carbocycles. The van der Waals surface area contributed by atoms with Crippen LogP contribution in [0.4, 0.5) is 0 Å². The zero-order chi connectivity index (χ0) is 17.7. The van der Waals surface area contributed by atoms with Crippen LogP contribution >= 0.6 is 0 Å². The SMILES string of the molecule is Cc1ccc(OCC(=O)NCC(C)N2CC(C)OC(C)C2)c(C)c1. The Balaban J connectivity index is 1.74. The molecule has 1 heterocycles. The van der Waals surface area contributed by atoms with Crippen molar-refractivity contribution in [2.45, 2.75) is 52.9 Å². The van der Waals surface area contributed by atoms with Crippen LogP contribution in [0.1, 0.15) is 31.9 Å². The van der Waals surface area contributed by atoms with Gasteiger partial charge in [-0.1, -0.05) is 17.7 Å². The molecule has 1 aliphatic heterocycles. The highest BCUT2D eigenvalue weighted by atomic mass is 16.5. The van der Waals surface area contributed by atoms with Gasteiger partial charge in [0.05, 0.1) is 12.2 Å². The zero-order valence-corrected chi connectivity index (χ0v) is 15.5. The Morgan fingerprint density at radius 3 is 2.62 bits per heavy atom. The number of nitrogens with zero attached hydrogens (tertiary/aromatic N) is 1. The fourth-order valence-electron chi connectivity index (χ4n) is 3.12. The lowest BCUT2D eigenvalue weighted by atomic mass is 10.1. The van der Waals surface area contributed by atoms with Gasteiger partial charge in [0.1, 0.15) is 5.75 Å². The molecule has 0 aliphatic carbocycles. The highest BCUT2D eigenvalue weighted by Crippen LogP contribution is 2.18. The van der Waals surface area contributed by atoms with Gasteiger partial charge in [0.2, 0.25) is 0 Å². The number of hydrogen-bond acceptors (Lipinski definition) is 4. The monoisotopic (exact) mass is 334 g/mol. The van der Waals surface area contributed by atoms with Crippen molar-refractivity contribution >= 4 is 5.91 Å². The maximum Gasteiger partial charge on any atom is 0.257 e. The molecular weight excluding hydrogens is 304 g/mol. The normalized spacial score (nSPS) is 22.9. The summed E-state index contributed by atoms with van der Waals surface area (Å²) in [5.74, 6) is 0.677. The van der Waals surface area contributed by atoms with Crippen LogP contribution in [-0.4, -0.2) is 55.3 Å². The second kappa shape index (κ2) is 8.49. The molecule has 1 aromatic carbocycles. The highest BCUT2D eigenvalue weighted by Gasteiger charge is 2.25. The van der Waals surface area contributed by atoms with Gasteiger partial charge in [0.15, 0.2) is 6.61 Å². The predicted molar refractivity (Wildman–Crippen MR) is 95.5 cm³/mol. The zero-order valence-electron chi connectivity index (χ0n) is 15.5. The molecule has 1 aliphatic rings. The Kier molecular flexibility index (Phi) is 6.63. The molecule has 2 rings (SSSR count). The number of nitrogens with one attached hydrogen (secondary N) is 1. The number of morpholine rings is 1. The largest absolute Gasteiger partial charge is 0.484 e. The number of benzene rings is 1. The molecule has 3 unspecified atom stereocenters. The summed E-state index contributed by atoms with van der Waals surface area (Å²) >= 11 is 0. The highest BCUT2D eigenvalue weighted by molar-refractivity contribution is 5.77. The minimum atomic E-state index is -0.0869. The first-order valence-corrected chi connectivity index (χ1v) is 8.71. The van der Waals surface area contributed by atoms with Gasteiger partial charge in [0, 0.05) is 25.7 Å². The number of rotatable bonds is 6. The van der Waals surface area contributed by atoms with Crippen LogP contribution in [0, 0.1) is 13.8 Å². The van der Waals surface area contributed by atoms with E-state index in [2.05, 4.69) is 37.1 Å². The average Bonchev–Trinajstić information content (AvgIpc) is 2.50. The van der Waals surface area contributed by atoms with E-state index in [0.717, 1.165) is 24.4 Å². The standard InChI is InChI=1S/C19H30N2O3/c1-13-6-7-18(14(2)8-13)23-12-19(22)20-9-15(3)21-10-16(4)24-17(5)11-21/h6-8,15-17H,9-12H2,1-5H3,(H,20,22). The average molecular weight is 334 g/mol. The summed E-state index contributed by atoms with van der Waals surface area (Å²) in [4.78, 5) is 14.4. The summed E-state index contributed by atoms with van der Waals surface area (Å²) in [5.41, 5.74) is 2.24. The molecule has 5 heteroatoms. The number of amides is 1. The third-order valence-electron chi connectivity index (χ3n) is 4.36. The van der Waals surface area contributed by atoms with Crippen molar-refractivity contribution < 1.29 is 14.3 Å². The van der Waals surface area contributed by atoms with E-state index >= 15 is 0 Å². The topological polar surface area (TPSA) is 50.8 Å². The maximum absolute atomic E-state index is 12.0. The second-order valence-corrected chi connectivity index (χ2v) is 6.92. The van der Waals surface area contributed by atoms with Crippen LogP contribution in [0.15, 0.2) is 18.2 Å². The van der Waals surface area contributed by atoms with Crippen LogP contribution in [0.3, 0.4) is 0 Å². The van der Waals surface area contributed by atoms with Gasteiger partial charge < -0.3 is 14.8 Å². The molecule has 3 atom stereocenters. The van der Waals surface area contributed by atoms with E-state index in [1.165, 1.54) is 5.56 Å². The summed E-state index contributed by atoms with van der Waals surface area (Å²) in [7, 11) is 0. The van der Waals surface area contributed by atoms with E-state index in [1.54, 1.807) is 0 Å². The summed E-state index contributed by atoms with van der Waals surface area (Å²) in [6.07, 6.45) is 0.472. The Morgan fingerprint density at radius 2 is 2.00 bits per heavy atom. The van der Waals surface area contributed by atoms with Gasteiger partial charge >= 0.3 is 0 Å². The fourth-order valence-corrected chi connectivity index (χ4v) is 3.12. The van der Waals surface area contributed by atoms with Crippen molar-refractivity contribution in [1.82, 2.24) is 10.2 Å². The van der Waals surface area contributed by atoms with E-state index in [1.807, 2.05) is 26.0 Å². The minimum Gasteiger partial charge on any atom is -0.484 e. The molecule has 1 fully saturated rings. The first kappa shape index (κ1) is 18.7. The Bertz CT molecular complexity index is 552. The summed E-state index contributed by atoms with van der Waals surface area (Å²) < 4.78 is 11.4. The van der Waals surface area contributed by atoms with E-state index in [4.69, 9.17) is 9.47 Å². The molecule has 5 nitrogen and oxygen atoms in total. The van der Waals surface area contributed by atoms with Crippen molar-refractivity contribution in [3.63, 3.8) is 0 Å². The lowest BCUT2D eigenvalue weighted by molar-refractivity contribution is -0.123. The number of hydrogen-bond donors (Lipinski definition) is 1. The Labute approximate surface area is 145 Å². The Morgan fingerprint density at radius 1 is 1.33 bits per heavy atom. The molecule has 1 N–H and O–H groups in total. The lowest BCUT2D eigenvalue weighted by Gasteiger charge is -2.38. The van der Waals surface area contributed by atoms with Gasteiger partial charge in [-0.05, 0) is 46.2 Å². The van der Waals surface area contributed by atoms with Crippen LogP contribution in [-0.2, 0) is 9.53 Å². The first-order chi connectivity index (χ1) is 11.3. The van der Waals surface area contributed by atoms with Gasteiger partial charge in [-0.25, -0.2) is 0 Å². The lowest BCUT2D eigenvalue weighted by Crippen LogP contribution is -2.52. The quantitative estimate of drug-likeness (QED) is 0.867. The van der Waals surface area contributed by atoms with Gasteiger partial charge in [0.25, 0.3) is 5.91 Å². The van der Waals surface area contributed by atoms with Crippen LogP contribution in [0.5, 0.6) is 5.75 Å². The Hall–Kier alpha value is -1.59. The van der Waals surface area contributed by atoms with Crippen molar-refractivity contribution in [2.24, 2.45) is 0 Å². The predicted octanol–water partition coefficient (Wildman–Crippen LogP) is 2.30. The number of aryl methyl sites for hydroxylation is 2. The van der Waals surface area contributed by atoms with Gasteiger partial charge in [-0.15, -0.1) is 0 Å². The molecule has 24 heavy (non-hydrogen) atoms. The molecule has 1 saturated heterocycles. The van der Waals surface area contributed by atoms with Crippen molar-refractivity contribution in [2.75, 3.05) is 26.2 Å². The maximum atomic E-state index is 12.0. The molecule has 0 spiro atoms. The van der Waals surface area contributed by atoms with Gasteiger partial charge in [-0.3, -0.25) is 9.69 Å². The fraction of sp³-hybridized carbons (Fsp3) is 0.632. The van der Waals surface area contributed by atoms with E-state index in [9.17, 15) is 4.79 Å². The van der Waals surface area contributed by atoms with E-state index < -0.39 is 0 Å². The molecule has 134 valence electrons. The molecule has 0 radical (unpaired) electrons. The van der Waals surface area contributed by atoms with Crippen molar-refractivity contribution in [1.29, 1.82) is 0 Å². The summed E-state index contributed by atoms with van der Waals surface area (Å²) in [6.45, 7) is 12.8.